The number of halogens is 6. The molecular formula is C37H20F6N4. The van der Waals surface area contributed by atoms with Crippen molar-refractivity contribution in [2.75, 3.05) is 0 Å². The van der Waals surface area contributed by atoms with Crippen molar-refractivity contribution >= 4 is 22.6 Å². The predicted molar refractivity (Wildman–Crippen MR) is 166 cm³/mol. The first-order chi connectivity index (χ1) is 22.4. The molecule has 0 N–H and O–H groups in total. The summed E-state index contributed by atoms with van der Waals surface area (Å²) in [7, 11) is 0. The third kappa shape index (κ3) is 4.45. The van der Waals surface area contributed by atoms with Gasteiger partial charge < -0.3 is 0 Å². The van der Waals surface area contributed by atoms with Gasteiger partial charge in [-0.1, -0.05) is 60.7 Å². The highest BCUT2D eigenvalue weighted by Crippen LogP contribution is 2.60. The lowest BCUT2D eigenvalue weighted by Gasteiger charge is -2.26. The number of benzene rings is 3. The molecular weight excluding hydrogens is 614 g/mol. The van der Waals surface area contributed by atoms with E-state index in [0.29, 0.717) is 62.9 Å². The van der Waals surface area contributed by atoms with Gasteiger partial charge in [0.25, 0.3) is 0 Å². The van der Waals surface area contributed by atoms with Crippen LogP contribution in [0, 0.1) is 28.3 Å². The molecule has 0 radical (unpaired) electrons. The van der Waals surface area contributed by atoms with Crippen LogP contribution >= 0.6 is 0 Å². The van der Waals surface area contributed by atoms with Gasteiger partial charge in [-0.3, -0.25) is 0 Å². The highest BCUT2D eigenvalue weighted by atomic mass is 19.4. The minimum absolute atomic E-state index is 0.0216. The Morgan fingerprint density at radius 3 is 2.19 bits per heavy atom. The van der Waals surface area contributed by atoms with Gasteiger partial charge in [-0.2, -0.15) is 46.9 Å². The maximum absolute atomic E-state index is 14.1. The summed E-state index contributed by atoms with van der Waals surface area (Å²) in [5, 5.41) is 19.8. The van der Waals surface area contributed by atoms with Crippen LogP contribution in [0.25, 0.3) is 33.4 Å². The second-order valence-corrected chi connectivity index (χ2v) is 11.6. The van der Waals surface area contributed by atoms with E-state index in [1.165, 1.54) is 6.07 Å². The molecule has 4 nitrogen and oxygen atoms in total. The zero-order valence-corrected chi connectivity index (χ0v) is 24.5. The van der Waals surface area contributed by atoms with Crippen molar-refractivity contribution in [3.63, 3.8) is 0 Å². The Morgan fingerprint density at radius 2 is 1.55 bits per heavy atom. The number of nitrogens with zero attached hydrogens (tertiary/aromatic N) is 4. The molecule has 0 amide bonds. The Kier molecular flexibility index (Phi) is 6.64. The van der Waals surface area contributed by atoms with Crippen LogP contribution in [-0.4, -0.2) is 17.6 Å². The van der Waals surface area contributed by atoms with Crippen LogP contribution in [0.15, 0.2) is 100 Å². The molecule has 47 heavy (non-hydrogen) atoms. The molecule has 0 aliphatic heterocycles. The summed E-state index contributed by atoms with van der Waals surface area (Å²) >= 11 is 0. The average Bonchev–Trinajstić information content (AvgIpc) is 3.49. The normalized spacial score (nSPS) is 20.9. The molecule has 0 heterocycles. The number of nitriles is 2. The molecule has 0 spiro atoms. The number of fused-ring (bicyclic) bond motifs is 6. The molecule has 1 unspecified atom stereocenters. The van der Waals surface area contributed by atoms with Gasteiger partial charge in [0.05, 0.1) is 28.0 Å². The summed E-state index contributed by atoms with van der Waals surface area (Å²) in [6, 6.07) is 12.1. The van der Waals surface area contributed by atoms with E-state index in [0.717, 1.165) is 29.9 Å². The number of hydrogen-bond donors (Lipinski definition) is 0. The van der Waals surface area contributed by atoms with Gasteiger partial charge in [0.1, 0.15) is 0 Å². The lowest BCUT2D eigenvalue weighted by Crippen LogP contribution is -2.26. The van der Waals surface area contributed by atoms with E-state index in [4.69, 9.17) is 0 Å². The van der Waals surface area contributed by atoms with Crippen molar-refractivity contribution in [2.45, 2.75) is 32.1 Å². The monoisotopic (exact) mass is 634 g/mol. The van der Waals surface area contributed by atoms with Gasteiger partial charge in [0.2, 0.25) is 12.4 Å². The van der Waals surface area contributed by atoms with Gasteiger partial charge in [-0.15, -0.1) is 5.73 Å². The third-order valence-electron chi connectivity index (χ3n) is 8.97. The minimum Gasteiger partial charge on any atom is -0.176 e. The first-order valence-corrected chi connectivity index (χ1v) is 14.5. The van der Waals surface area contributed by atoms with E-state index < -0.39 is 28.9 Å². The molecule has 0 aromatic heterocycles. The molecule has 0 bridgehead atoms. The topological polar surface area (TPSA) is 72.3 Å². The van der Waals surface area contributed by atoms with E-state index in [9.17, 15) is 36.9 Å². The van der Waals surface area contributed by atoms with Gasteiger partial charge in [-0.25, -0.2) is 0 Å². The Bertz CT molecular complexity index is 2230. The van der Waals surface area contributed by atoms with E-state index >= 15 is 0 Å². The molecule has 10 heteroatoms. The molecule has 0 saturated heterocycles. The molecule has 7 rings (SSSR count). The zero-order valence-electron chi connectivity index (χ0n) is 24.5. The van der Waals surface area contributed by atoms with Crippen LogP contribution in [0.1, 0.15) is 53.1 Å². The number of hydrogen-bond acceptors (Lipinski definition) is 4. The van der Waals surface area contributed by atoms with Crippen molar-refractivity contribution in [1.29, 1.82) is 10.5 Å². The number of alkyl halides is 6. The summed E-state index contributed by atoms with van der Waals surface area (Å²) < 4.78 is 84.5. The maximum Gasteiger partial charge on any atom is 0.416 e. The largest absolute Gasteiger partial charge is 0.416 e. The summed E-state index contributed by atoms with van der Waals surface area (Å²) in [5.74, 6) is 0. The van der Waals surface area contributed by atoms with E-state index in [-0.39, 0.29) is 17.0 Å². The summed E-state index contributed by atoms with van der Waals surface area (Å²) in [6.45, 7) is 1.55. The summed E-state index contributed by atoms with van der Waals surface area (Å²) in [4.78, 5) is 8.26. The van der Waals surface area contributed by atoms with E-state index in [2.05, 4.69) is 15.7 Å². The fourth-order valence-electron chi connectivity index (χ4n) is 7.09. The second kappa shape index (κ2) is 10.4. The van der Waals surface area contributed by atoms with E-state index in [1.807, 2.05) is 18.2 Å². The molecule has 4 aliphatic rings. The van der Waals surface area contributed by atoms with Crippen LogP contribution < -0.4 is 0 Å². The van der Waals surface area contributed by atoms with Crippen LogP contribution in [0.4, 0.5) is 26.3 Å². The molecule has 0 fully saturated rings. The number of aliphatic imine (C=N–C) groups is 2. The van der Waals surface area contributed by atoms with Gasteiger partial charge >= 0.3 is 12.4 Å². The van der Waals surface area contributed by atoms with Crippen molar-refractivity contribution in [3.8, 4) is 34.6 Å². The predicted octanol–water partition coefficient (Wildman–Crippen LogP) is 9.74. The Hall–Kier alpha value is -5.70. The fourth-order valence-corrected chi connectivity index (χ4v) is 7.09. The molecule has 230 valence electrons. The lowest BCUT2D eigenvalue weighted by molar-refractivity contribution is -0.137. The highest BCUT2D eigenvalue weighted by Gasteiger charge is 2.51. The van der Waals surface area contributed by atoms with Crippen LogP contribution in [-0.2, 0) is 6.18 Å². The lowest BCUT2D eigenvalue weighted by atomic mass is 9.76. The first kappa shape index (κ1) is 30.0. The highest BCUT2D eigenvalue weighted by molar-refractivity contribution is 6.34. The smallest absolute Gasteiger partial charge is 0.176 e. The van der Waals surface area contributed by atoms with Gasteiger partial charge in [-0.05, 0) is 60.2 Å². The van der Waals surface area contributed by atoms with Crippen LogP contribution in [0.5, 0.6) is 0 Å². The van der Waals surface area contributed by atoms with E-state index in [1.54, 1.807) is 49.6 Å². The third-order valence-corrected chi connectivity index (χ3v) is 8.97. The SMILES string of the molecule is CC12C=C(C(F)(F)F)C=C=C1c1c(C3=CC=CCC3)c3c(c(-c4ccccc4)c1C2=NC#N)-c1ccc(C(F)(F)F)cc1C3=NC#N. The van der Waals surface area contributed by atoms with Gasteiger partial charge in [0, 0.05) is 39.0 Å². The van der Waals surface area contributed by atoms with Crippen molar-refractivity contribution in [2.24, 2.45) is 15.4 Å². The van der Waals surface area contributed by atoms with Crippen molar-refractivity contribution in [3.05, 3.63) is 124 Å². The molecule has 1 atom stereocenters. The maximum atomic E-state index is 14.1. The molecule has 0 saturated carbocycles. The number of rotatable bonds is 2. The fraction of sp³-hybridized carbons (Fsp3) is 0.162. The quantitative estimate of drug-likeness (QED) is 0.125. The number of allylic oxidation sites excluding steroid dienone is 7. The summed E-state index contributed by atoms with van der Waals surface area (Å²) in [6.07, 6.45) is 2.80. The van der Waals surface area contributed by atoms with Crippen molar-refractivity contribution in [1.82, 2.24) is 0 Å². The second-order valence-electron chi connectivity index (χ2n) is 11.6. The zero-order chi connectivity index (χ0) is 33.3. The summed E-state index contributed by atoms with van der Waals surface area (Å²) in [5.41, 5.74) is 4.29. The Balaban J connectivity index is 1.74. The van der Waals surface area contributed by atoms with Crippen molar-refractivity contribution < 1.29 is 26.3 Å². The molecule has 3 aromatic rings. The van der Waals surface area contributed by atoms with Crippen LogP contribution in [0.3, 0.4) is 0 Å². The molecule has 4 aliphatic carbocycles. The Morgan fingerprint density at radius 1 is 0.809 bits per heavy atom. The average molecular weight is 635 g/mol. The van der Waals surface area contributed by atoms with Gasteiger partial charge in [0.15, 0.2) is 0 Å². The standard InChI is InChI=1S/C37H20F6N4/c1-35-17-23(37(41,42)43)13-15-26(35)30-28(21-10-6-3-7-11-21)31-29(27(20-8-4-2-5-9-20)32(30)34(35)47-19-45)24-14-12-22(36(38,39)40)16-25(24)33(31)46-18-44/h2-6,8-10,12-14,16-17H,7,11H2,1H3. The minimum atomic E-state index is -4.71. The molecule has 3 aromatic carbocycles. The Labute approximate surface area is 265 Å². The van der Waals surface area contributed by atoms with Crippen LogP contribution in [0.2, 0.25) is 0 Å². The first-order valence-electron chi connectivity index (χ1n) is 14.5.